The number of fused-ring (bicyclic) bond motifs is 1. The van der Waals surface area contributed by atoms with Crippen molar-refractivity contribution >= 4 is 11.2 Å². The Labute approximate surface area is 206 Å². The van der Waals surface area contributed by atoms with Gasteiger partial charge in [0, 0.05) is 29.3 Å². The van der Waals surface area contributed by atoms with Crippen molar-refractivity contribution in [2.75, 3.05) is 6.61 Å². The first kappa shape index (κ1) is 23.1. The molecule has 0 amide bonds. The van der Waals surface area contributed by atoms with Gasteiger partial charge in [-0.25, -0.2) is 28.7 Å². The third-order valence-electron chi connectivity index (χ3n) is 7.03. The molecule has 1 saturated heterocycles. The Balaban J connectivity index is 1.44. The number of rotatable bonds is 5. The zero-order chi connectivity index (χ0) is 25.0. The molecule has 186 valence electrons. The number of halogens is 2. The van der Waals surface area contributed by atoms with E-state index >= 15 is 0 Å². The van der Waals surface area contributed by atoms with Crippen molar-refractivity contribution < 1.29 is 18.6 Å². The van der Waals surface area contributed by atoms with Crippen molar-refractivity contribution in [3.8, 4) is 11.3 Å². The van der Waals surface area contributed by atoms with Crippen LogP contribution in [0.3, 0.4) is 0 Å². The van der Waals surface area contributed by atoms with Crippen LogP contribution in [0.15, 0.2) is 30.6 Å². The third-order valence-corrected chi connectivity index (χ3v) is 7.03. The fourth-order valence-corrected chi connectivity index (χ4v) is 4.80. The van der Waals surface area contributed by atoms with Gasteiger partial charge in [0.1, 0.15) is 28.7 Å². The van der Waals surface area contributed by atoms with Crippen molar-refractivity contribution in [2.45, 2.75) is 63.7 Å². The number of benzene rings is 1. The molecule has 0 bridgehead atoms. The quantitative estimate of drug-likeness (QED) is 0.438. The number of aliphatic hydroxyl groups is 1. The summed E-state index contributed by atoms with van der Waals surface area (Å²) in [7, 11) is 0. The average molecular weight is 493 g/mol. The molecule has 3 aromatic heterocycles. The molecule has 4 aromatic rings. The third kappa shape index (κ3) is 4.24. The number of hydrogen-bond donors (Lipinski definition) is 1. The van der Waals surface area contributed by atoms with Gasteiger partial charge in [0.2, 0.25) is 0 Å². The van der Waals surface area contributed by atoms with E-state index in [1.165, 1.54) is 12.1 Å². The monoisotopic (exact) mass is 492 g/mol. The van der Waals surface area contributed by atoms with E-state index in [-0.39, 0.29) is 29.9 Å². The number of aromatic nitrogens is 6. The van der Waals surface area contributed by atoms with Crippen LogP contribution < -0.4 is 0 Å². The van der Waals surface area contributed by atoms with E-state index in [1.807, 2.05) is 30.9 Å². The molecule has 36 heavy (non-hydrogen) atoms. The van der Waals surface area contributed by atoms with Gasteiger partial charge in [0.15, 0.2) is 5.65 Å². The number of aliphatic hydroxyl groups excluding tert-OH is 1. The van der Waals surface area contributed by atoms with Crippen LogP contribution in [0.25, 0.3) is 22.4 Å². The largest absolute Gasteiger partial charge is 0.394 e. The first-order valence-electron chi connectivity index (χ1n) is 12.2. The van der Waals surface area contributed by atoms with E-state index in [0.29, 0.717) is 47.3 Å². The second kappa shape index (κ2) is 8.94. The Morgan fingerprint density at radius 3 is 2.61 bits per heavy atom. The lowest BCUT2D eigenvalue weighted by Crippen LogP contribution is -2.30. The molecule has 10 heteroatoms. The van der Waals surface area contributed by atoms with Crippen molar-refractivity contribution in [1.29, 1.82) is 0 Å². The SMILES string of the molecule is Cc1nc2nc([C@H]3C[C@@H](CO)O[C@H](c4cnn(C5CC5)c4)C3)nc(-c3ccc(F)cc3F)c2nc1C. The van der Waals surface area contributed by atoms with Crippen LogP contribution in [0.2, 0.25) is 0 Å². The molecule has 6 rings (SSSR count). The smallest absolute Gasteiger partial charge is 0.182 e. The molecule has 3 atom stereocenters. The predicted octanol–water partition coefficient (Wildman–Crippen LogP) is 4.51. The first-order chi connectivity index (χ1) is 17.4. The highest BCUT2D eigenvalue weighted by Gasteiger charge is 2.35. The van der Waals surface area contributed by atoms with E-state index in [9.17, 15) is 13.9 Å². The zero-order valence-electron chi connectivity index (χ0n) is 20.0. The zero-order valence-corrected chi connectivity index (χ0v) is 20.0. The van der Waals surface area contributed by atoms with E-state index in [4.69, 9.17) is 14.7 Å². The van der Waals surface area contributed by atoms with Crippen LogP contribution in [0, 0.1) is 25.5 Å². The number of nitrogens with zero attached hydrogens (tertiary/aromatic N) is 6. The Morgan fingerprint density at radius 2 is 1.86 bits per heavy atom. The van der Waals surface area contributed by atoms with E-state index in [1.54, 1.807) is 0 Å². The molecule has 0 spiro atoms. The highest BCUT2D eigenvalue weighted by Crippen LogP contribution is 2.41. The summed E-state index contributed by atoms with van der Waals surface area (Å²) in [4.78, 5) is 18.7. The normalized spacial score (nSPS) is 22.3. The molecule has 1 aliphatic heterocycles. The molecule has 1 aliphatic carbocycles. The summed E-state index contributed by atoms with van der Waals surface area (Å²) in [6, 6.07) is 3.85. The standard InChI is InChI=1S/C26H26F2N6O2/c1-13-14(2)31-26-24(30-13)23(20-6-3-17(27)9-21(20)28)32-25(33-26)15-7-19(12-35)36-22(8-15)16-10-29-34(11-16)18-4-5-18/h3,6,9-11,15,18-19,22,35H,4-5,7-8,12H2,1-2H3/t15-,19-,22-/m0/s1. The molecule has 1 aromatic carbocycles. The van der Waals surface area contributed by atoms with Crippen molar-refractivity contribution in [2.24, 2.45) is 0 Å². The highest BCUT2D eigenvalue weighted by atomic mass is 19.1. The minimum absolute atomic E-state index is 0.135. The number of hydrogen-bond acceptors (Lipinski definition) is 7. The minimum atomic E-state index is -0.730. The van der Waals surface area contributed by atoms with Crippen LogP contribution in [-0.2, 0) is 4.74 Å². The summed E-state index contributed by atoms with van der Waals surface area (Å²) >= 11 is 0. The van der Waals surface area contributed by atoms with Gasteiger partial charge < -0.3 is 9.84 Å². The molecule has 0 unspecified atom stereocenters. The lowest BCUT2D eigenvalue weighted by atomic mass is 9.88. The molecule has 1 N–H and O–H groups in total. The van der Waals surface area contributed by atoms with Gasteiger partial charge in [-0.15, -0.1) is 0 Å². The molecular formula is C26H26F2N6O2. The molecule has 1 saturated carbocycles. The molecule has 2 aliphatic rings. The van der Waals surface area contributed by atoms with E-state index in [2.05, 4.69) is 15.1 Å². The van der Waals surface area contributed by atoms with Crippen molar-refractivity contribution in [1.82, 2.24) is 29.7 Å². The topological polar surface area (TPSA) is 98.8 Å². The maximum Gasteiger partial charge on any atom is 0.182 e. The average Bonchev–Trinajstić information content (AvgIpc) is 3.60. The second-order valence-corrected chi connectivity index (χ2v) is 9.70. The second-order valence-electron chi connectivity index (χ2n) is 9.70. The fourth-order valence-electron chi connectivity index (χ4n) is 4.80. The summed E-state index contributed by atoms with van der Waals surface area (Å²) in [6.45, 7) is 3.51. The molecule has 8 nitrogen and oxygen atoms in total. The Bertz CT molecular complexity index is 1450. The maximum absolute atomic E-state index is 14.9. The van der Waals surface area contributed by atoms with Crippen molar-refractivity contribution in [3.63, 3.8) is 0 Å². The van der Waals surface area contributed by atoms with E-state index in [0.717, 1.165) is 24.5 Å². The summed E-state index contributed by atoms with van der Waals surface area (Å²) in [5.74, 6) is -1.11. The van der Waals surface area contributed by atoms with Crippen LogP contribution in [-0.4, -0.2) is 47.5 Å². The summed E-state index contributed by atoms with van der Waals surface area (Å²) < 4.78 is 36.7. The van der Waals surface area contributed by atoms with Gasteiger partial charge >= 0.3 is 0 Å². The summed E-state index contributed by atoms with van der Waals surface area (Å²) in [6.07, 6.45) is 6.46. The van der Waals surface area contributed by atoms with Gasteiger partial charge in [-0.2, -0.15) is 5.10 Å². The number of ether oxygens (including phenoxy) is 1. The van der Waals surface area contributed by atoms with Gasteiger partial charge in [-0.3, -0.25) is 4.68 Å². The maximum atomic E-state index is 14.9. The van der Waals surface area contributed by atoms with Crippen LogP contribution in [0.4, 0.5) is 8.78 Å². The Morgan fingerprint density at radius 1 is 1.06 bits per heavy atom. The number of aryl methyl sites for hydroxylation is 2. The van der Waals surface area contributed by atoms with Gasteiger partial charge in [0.05, 0.1) is 42.4 Å². The lowest BCUT2D eigenvalue weighted by molar-refractivity contribution is -0.0819. The van der Waals surface area contributed by atoms with Gasteiger partial charge in [-0.05, 0) is 51.7 Å². The highest BCUT2D eigenvalue weighted by molar-refractivity contribution is 5.87. The Hall–Kier alpha value is -3.37. The molecule has 0 radical (unpaired) electrons. The van der Waals surface area contributed by atoms with E-state index < -0.39 is 17.7 Å². The molecule has 2 fully saturated rings. The molecule has 4 heterocycles. The van der Waals surface area contributed by atoms with Gasteiger partial charge in [-0.1, -0.05) is 0 Å². The lowest BCUT2D eigenvalue weighted by Gasteiger charge is -2.33. The van der Waals surface area contributed by atoms with Gasteiger partial charge in [0.25, 0.3) is 0 Å². The van der Waals surface area contributed by atoms with Crippen LogP contribution in [0.5, 0.6) is 0 Å². The van der Waals surface area contributed by atoms with Crippen LogP contribution >= 0.6 is 0 Å². The summed E-state index contributed by atoms with van der Waals surface area (Å²) in [5.41, 5.74) is 3.46. The minimum Gasteiger partial charge on any atom is -0.394 e. The molecular weight excluding hydrogens is 466 g/mol. The first-order valence-corrected chi connectivity index (χ1v) is 12.2. The predicted molar refractivity (Wildman–Crippen MR) is 127 cm³/mol. The Kier molecular flexibility index (Phi) is 5.72. The fraction of sp³-hybridized carbons (Fsp3) is 0.423. The van der Waals surface area contributed by atoms with Crippen molar-refractivity contribution in [3.05, 3.63) is 65.0 Å². The summed E-state index contributed by atoms with van der Waals surface area (Å²) in [5, 5.41) is 14.4. The van der Waals surface area contributed by atoms with Crippen LogP contribution in [0.1, 0.15) is 66.5 Å².